The van der Waals surface area contributed by atoms with Crippen LogP contribution in [0.2, 0.25) is 0 Å². The highest BCUT2D eigenvalue weighted by Gasteiger charge is 2.17. The molecule has 1 aromatic carbocycles. The second kappa shape index (κ2) is 6.84. The van der Waals surface area contributed by atoms with Gasteiger partial charge < -0.3 is 14.8 Å². The molecule has 2 aromatic heterocycles. The Bertz CT molecular complexity index is 843. The summed E-state index contributed by atoms with van der Waals surface area (Å²) in [5, 5.41) is 13.9. The van der Waals surface area contributed by atoms with E-state index in [0.717, 1.165) is 16.6 Å². The maximum atomic E-state index is 12.4. The zero-order valence-electron chi connectivity index (χ0n) is 13.7. The molecule has 0 aliphatic carbocycles. The van der Waals surface area contributed by atoms with Gasteiger partial charge in [-0.25, -0.2) is 0 Å². The van der Waals surface area contributed by atoms with Crippen molar-refractivity contribution in [1.29, 1.82) is 0 Å². The predicted molar refractivity (Wildman–Crippen MR) is 91.7 cm³/mol. The average Bonchev–Trinajstić information content (AvgIpc) is 3.08. The molecule has 0 bridgehead atoms. The Morgan fingerprint density at radius 2 is 2.12 bits per heavy atom. The van der Waals surface area contributed by atoms with Crippen LogP contribution in [0.3, 0.4) is 0 Å². The molecule has 5 nitrogen and oxygen atoms in total. The highest BCUT2D eigenvalue weighted by Crippen LogP contribution is 2.19. The highest BCUT2D eigenvalue weighted by atomic mass is 16.4. The zero-order chi connectivity index (χ0) is 17.1. The normalized spacial score (nSPS) is 13.6. The number of aliphatic hydroxyl groups excluding tert-OH is 1. The van der Waals surface area contributed by atoms with Gasteiger partial charge in [0.1, 0.15) is 11.9 Å². The van der Waals surface area contributed by atoms with E-state index in [1.165, 1.54) is 6.26 Å². The molecular weight excluding hydrogens is 304 g/mol. The van der Waals surface area contributed by atoms with Crippen molar-refractivity contribution in [1.82, 2.24) is 10.3 Å². The van der Waals surface area contributed by atoms with E-state index in [9.17, 15) is 9.90 Å². The quantitative estimate of drug-likeness (QED) is 0.754. The summed E-state index contributed by atoms with van der Waals surface area (Å²) in [5.41, 5.74) is 2.39. The van der Waals surface area contributed by atoms with Crippen molar-refractivity contribution >= 4 is 16.8 Å². The number of pyridine rings is 1. The molecule has 0 saturated heterocycles. The first-order valence-corrected chi connectivity index (χ1v) is 7.92. The van der Waals surface area contributed by atoms with Crippen LogP contribution in [0.15, 0.2) is 53.1 Å². The summed E-state index contributed by atoms with van der Waals surface area (Å²) in [7, 11) is 0. The van der Waals surface area contributed by atoms with Crippen molar-refractivity contribution in [3.8, 4) is 0 Å². The number of carbonyl (C=O) groups is 1. The van der Waals surface area contributed by atoms with Crippen molar-refractivity contribution in [2.75, 3.05) is 0 Å². The van der Waals surface area contributed by atoms with Gasteiger partial charge >= 0.3 is 0 Å². The Balaban J connectivity index is 1.66. The molecule has 2 N–H and O–H groups in total. The minimum Gasteiger partial charge on any atom is -0.467 e. The number of nitrogens with one attached hydrogen (secondary N) is 1. The maximum Gasteiger partial charge on any atom is 0.251 e. The number of rotatable bonds is 5. The van der Waals surface area contributed by atoms with Gasteiger partial charge in [0.2, 0.25) is 0 Å². The minimum atomic E-state index is -0.737. The van der Waals surface area contributed by atoms with Crippen LogP contribution in [0.5, 0.6) is 0 Å². The van der Waals surface area contributed by atoms with E-state index in [-0.39, 0.29) is 11.9 Å². The number of furan rings is 1. The minimum absolute atomic E-state index is 0.170. The van der Waals surface area contributed by atoms with Crippen molar-refractivity contribution in [3.05, 3.63) is 65.7 Å². The van der Waals surface area contributed by atoms with Gasteiger partial charge in [-0.05, 0) is 50.2 Å². The number of nitrogens with zero attached hydrogens (tertiary/aromatic N) is 1. The van der Waals surface area contributed by atoms with Crippen LogP contribution >= 0.6 is 0 Å². The predicted octanol–water partition coefficient (Wildman–Crippen LogP) is 3.38. The molecule has 0 saturated carbocycles. The molecule has 0 radical (unpaired) electrons. The Hall–Kier alpha value is -2.66. The van der Waals surface area contributed by atoms with Crippen molar-refractivity contribution in [2.45, 2.75) is 32.4 Å². The Morgan fingerprint density at radius 1 is 1.29 bits per heavy atom. The van der Waals surface area contributed by atoms with Crippen LogP contribution in [-0.4, -0.2) is 22.0 Å². The summed E-state index contributed by atoms with van der Waals surface area (Å²) in [6.07, 6.45) is 1.17. The van der Waals surface area contributed by atoms with Crippen molar-refractivity contribution in [2.24, 2.45) is 0 Å². The maximum absolute atomic E-state index is 12.4. The summed E-state index contributed by atoms with van der Waals surface area (Å²) >= 11 is 0. The number of aryl methyl sites for hydroxylation is 1. The molecule has 0 aliphatic rings. The molecule has 2 heterocycles. The number of aliphatic hydroxyl groups is 1. The van der Waals surface area contributed by atoms with Crippen molar-refractivity contribution < 1.29 is 14.3 Å². The number of amides is 1. The average molecular weight is 324 g/mol. The third-order valence-electron chi connectivity index (χ3n) is 3.92. The number of hydrogen-bond acceptors (Lipinski definition) is 4. The fourth-order valence-corrected chi connectivity index (χ4v) is 2.67. The van der Waals surface area contributed by atoms with Gasteiger partial charge in [-0.15, -0.1) is 0 Å². The lowest BCUT2D eigenvalue weighted by Crippen LogP contribution is -2.33. The van der Waals surface area contributed by atoms with Gasteiger partial charge in [0.05, 0.1) is 11.8 Å². The molecule has 124 valence electrons. The van der Waals surface area contributed by atoms with Crippen LogP contribution in [0, 0.1) is 6.92 Å². The van der Waals surface area contributed by atoms with E-state index in [1.807, 2.05) is 38.1 Å². The molecule has 0 aliphatic heterocycles. The number of fused-ring (bicyclic) bond motifs is 1. The summed E-state index contributed by atoms with van der Waals surface area (Å²) in [4.78, 5) is 16.8. The van der Waals surface area contributed by atoms with E-state index in [0.29, 0.717) is 17.7 Å². The highest BCUT2D eigenvalue weighted by molar-refractivity contribution is 5.98. The lowest BCUT2D eigenvalue weighted by Gasteiger charge is -2.17. The largest absolute Gasteiger partial charge is 0.467 e. The van der Waals surface area contributed by atoms with Gasteiger partial charge in [0.25, 0.3) is 5.91 Å². The third kappa shape index (κ3) is 3.63. The van der Waals surface area contributed by atoms with Gasteiger partial charge in [0, 0.05) is 29.1 Å². The number of hydrogen-bond donors (Lipinski definition) is 2. The molecule has 0 unspecified atom stereocenters. The molecule has 24 heavy (non-hydrogen) atoms. The molecule has 0 spiro atoms. The number of aromatic nitrogens is 1. The van der Waals surface area contributed by atoms with Crippen LogP contribution in [0.1, 0.15) is 41.3 Å². The molecular formula is C19H20N2O3. The second-order valence-corrected chi connectivity index (χ2v) is 6.00. The monoisotopic (exact) mass is 324 g/mol. The van der Waals surface area contributed by atoms with E-state index < -0.39 is 6.10 Å². The lowest BCUT2D eigenvalue weighted by molar-refractivity contribution is 0.0903. The van der Waals surface area contributed by atoms with Crippen LogP contribution in [0.4, 0.5) is 0 Å². The van der Waals surface area contributed by atoms with E-state index >= 15 is 0 Å². The standard InChI is InChI=1S/C19H20N2O3/c1-12-5-6-14-11-15(7-8-16(14)20-12)19(23)21-13(2)10-17(22)18-4-3-9-24-18/h3-9,11,13,17,22H,10H2,1-2H3,(H,21,23)/t13-,17-/m1/s1. The Morgan fingerprint density at radius 3 is 2.88 bits per heavy atom. The molecule has 1 amide bonds. The summed E-state index contributed by atoms with van der Waals surface area (Å²) < 4.78 is 5.17. The third-order valence-corrected chi connectivity index (χ3v) is 3.92. The van der Waals surface area contributed by atoms with Crippen LogP contribution < -0.4 is 5.32 Å². The van der Waals surface area contributed by atoms with Gasteiger partial charge in [-0.2, -0.15) is 0 Å². The fraction of sp³-hybridized carbons (Fsp3) is 0.263. The van der Waals surface area contributed by atoms with Crippen molar-refractivity contribution in [3.63, 3.8) is 0 Å². The van der Waals surface area contributed by atoms with E-state index in [2.05, 4.69) is 10.3 Å². The summed E-state index contributed by atoms with van der Waals surface area (Å²) in [6, 6.07) is 12.6. The first kappa shape index (κ1) is 16.2. The number of carbonyl (C=O) groups excluding carboxylic acids is 1. The zero-order valence-corrected chi connectivity index (χ0v) is 13.7. The Labute approximate surface area is 140 Å². The molecule has 3 aromatic rings. The fourth-order valence-electron chi connectivity index (χ4n) is 2.67. The first-order chi connectivity index (χ1) is 11.5. The number of benzene rings is 1. The van der Waals surface area contributed by atoms with Crippen LogP contribution in [0.25, 0.3) is 10.9 Å². The second-order valence-electron chi connectivity index (χ2n) is 6.00. The van der Waals surface area contributed by atoms with Crippen LogP contribution in [-0.2, 0) is 0 Å². The molecule has 3 rings (SSSR count). The smallest absolute Gasteiger partial charge is 0.251 e. The molecule has 2 atom stereocenters. The van der Waals surface area contributed by atoms with E-state index in [4.69, 9.17) is 4.42 Å². The molecule has 0 fully saturated rings. The topological polar surface area (TPSA) is 75.4 Å². The first-order valence-electron chi connectivity index (χ1n) is 7.92. The summed E-state index contributed by atoms with van der Waals surface area (Å²) in [6.45, 7) is 3.79. The summed E-state index contributed by atoms with van der Waals surface area (Å²) in [5.74, 6) is 0.333. The van der Waals surface area contributed by atoms with Gasteiger partial charge in [0.15, 0.2) is 0 Å². The SMILES string of the molecule is Cc1ccc2cc(C(=O)N[C@H](C)C[C@@H](O)c3ccco3)ccc2n1. The van der Waals surface area contributed by atoms with E-state index in [1.54, 1.807) is 18.2 Å². The molecule has 5 heteroatoms. The lowest BCUT2D eigenvalue weighted by atomic mass is 10.1. The van der Waals surface area contributed by atoms with Gasteiger partial charge in [-0.1, -0.05) is 6.07 Å². The Kier molecular flexibility index (Phi) is 4.62. The van der Waals surface area contributed by atoms with Gasteiger partial charge in [-0.3, -0.25) is 9.78 Å².